The fourth-order valence-corrected chi connectivity index (χ4v) is 2.59. The number of aryl methyl sites for hydroxylation is 1. The Morgan fingerprint density at radius 2 is 2.12 bits per heavy atom. The molecule has 0 bridgehead atoms. The molecule has 0 spiro atoms. The van der Waals surface area contributed by atoms with Crippen LogP contribution in [-0.2, 0) is 0 Å². The molecule has 9 heteroatoms. The van der Waals surface area contributed by atoms with Gasteiger partial charge >= 0.3 is 0 Å². The summed E-state index contributed by atoms with van der Waals surface area (Å²) in [5.74, 6) is 1.64. The number of hydrogen-bond acceptors (Lipinski definition) is 7. The molecule has 132 valence electrons. The van der Waals surface area contributed by atoms with Gasteiger partial charge in [0.15, 0.2) is 0 Å². The van der Waals surface area contributed by atoms with Crippen LogP contribution >= 0.6 is 0 Å². The highest BCUT2D eigenvalue weighted by Gasteiger charge is 2.15. The maximum absolute atomic E-state index is 11.9. The topological polar surface area (TPSA) is 113 Å². The molecule has 0 atom stereocenters. The van der Waals surface area contributed by atoms with E-state index in [0.717, 1.165) is 18.9 Å². The van der Waals surface area contributed by atoms with Crippen LogP contribution in [0, 0.1) is 6.92 Å². The van der Waals surface area contributed by atoms with Gasteiger partial charge in [-0.15, -0.1) is 0 Å². The van der Waals surface area contributed by atoms with Gasteiger partial charge in [-0.1, -0.05) is 0 Å². The van der Waals surface area contributed by atoms with Gasteiger partial charge in [0, 0.05) is 25.2 Å². The molecule has 2 N–H and O–H groups in total. The van der Waals surface area contributed by atoms with E-state index >= 15 is 0 Å². The largest absolute Gasteiger partial charge is 0.476 e. The molecule has 0 aliphatic carbocycles. The van der Waals surface area contributed by atoms with Crippen molar-refractivity contribution < 1.29 is 9.53 Å². The van der Waals surface area contributed by atoms with Gasteiger partial charge in [-0.05, 0) is 25.8 Å². The summed E-state index contributed by atoms with van der Waals surface area (Å²) in [6.07, 6.45) is 2.34. The maximum atomic E-state index is 11.9. The summed E-state index contributed by atoms with van der Waals surface area (Å²) in [4.78, 5) is 33.7. The zero-order valence-corrected chi connectivity index (χ0v) is 14.0. The van der Waals surface area contributed by atoms with Gasteiger partial charge in [0.25, 0.3) is 11.5 Å². The van der Waals surface area contributed by atoms with E-state index in [-0.39, 0.29) is 23.8 Å². The quantitative estimate of drug-likeness (QED) is 0.724. The molecule has 0 radical (unpaired) electrons. The summed E-state index contributed by atoms with van der Waals surface area (Å²) in [5, 5.41) is 8.55. The molecular formula is C16H20N6O3. The first-order chi connectivity index (χ1) is 12.1. The molecule has 1 aliphatic rings. The van der Waals surface area contributed by atoms with Gasteiger partial charge in [-0.3, -0.25) is 9.59 Å². The van der Waals surface area contributed by atoms with Crippen molar-refractivity contribution in [2.75, 3.05) is 31.1 Å². The maximum Gasteiger partial charge on any atom is 0.271 e. The number of anilines is 1. The summed E-state index contributed by atoms with van der Waals surface area (Å²) in [6.45, 7) is 4.39. The molecular weight excluding hydrogens is 324 g/mol. The van der Waals surface area contributed by atoms with Crippen LogP contribution < -0.4 is 20.5 Å². The number of hydrogen-bond donors (Lipinski definition) is 2. The van der Waals surface area contributed by atoms with E-state index in [9.17, 15) is 9.59 Å². The summed E-state index contributed by atoms with van der Waals surface area (Å²) < 4.78 is 5.62. The molecule has 1 saturated heterocycles. The molecule has 2 aromatic rings. The van der Waals surface area contributed by atoms with E-state index in [0.29, 0.717) is 18.2 Å². The molecule has 2 aromatic heterocycles. The van der Waals surface area contributed by atoms with Crippen LogP contribution in [-0.4, -0.2) is 52.3 Å². The normalized spacial score (nSPS) is 13.7. The lowest BCUT2D eigenvalue weighted by Gasteiger charge is -2.17. The average molecular weight is 344 g/mol. The SMILES string of the molecule is Cc1nc(OCCNC(=O)c2ccc(=O)[nH]n2)cc(N2CCCC2)n1. The fourth-order valence-electron chi connectivity index (χ4n) is 2.59. The van der Waals surface area contributed by atoms with Crippen molar-refractivity contribution in [3.8, 4) is 5.88 Å². The van der Waals surface area contributed by atoms with Crippen LogP contribution in [0.25, 0.3) is 0 Å². The number of carbonyl (C=O) groups excluding carboxylic acids is 1. The van der Waals surface area contributed by atoms with Crippen LogP contribution in [0.15, 0.2) is 23.0 Å². The van der Waals surface area contributed by atoms with Gasteiger partial charge in [0.2, 0.25) is 5.88 Å². The van der Waals surface area contributed by atoms with E-state index in [1.54, 1.807) is 0 Å². The average Bonchev–Trinajstić information content (AvgIpc) is 3.13. The molecule has 1 aliphatic heterocycles. The summed E-state index contributed by atoms with van der Waals surface area (Å²) in [7, 11) is 0. The lowest BCUT2D eigenvalue weighted by atomic mass is 10.3. The predicted octanol–water partition coefficient (Wildman–Crippen LogP) is 0.277. The first-order valence-electron chi connectivity index (χ1n) is 8.19. The van der Waals surface area contributed by atoms with E-state index in [1.807, 2.05) is 13.0 Å². The second-order valence-corrected chi connectivity index (χ2v) is 5.72. The monoisotopic (exact) mass is 344 g/mol. The van der Waals surface area contributed by atoms with Gasteiger partial charge in [0.1, 0.15) is 23.9 Å². The lowest BCUT2D eigenvalue weighted by Crippen LogP contribution is -2.29. The molecule has 1 fully saturated rings. The number of rotatable bonds is 6. The third-order valence-corrected chi connectivity index (χ3v) is 3.78. The highest BCUT2D eigenvalue weighted by atomic mass is 16.5. The number of carbonyl (C=O) groups is 1. The Kier molecular flexibility index (Phi) is 5.22. The summed E-state index contributed by atoms with van der Waals surface area (Å²) in [6, 6.07) is 4.44. The van der Waals surface area contributed by atoms with Crippen LogP contribution in [0.3, 0.4) is 0 Å². The van der Waals surface area contributed by atoms with Crippen molar-refractivity contribution in [1.29, 1.82) is 0 Å². The van der Waals surface area contributed by atoms with Crippen molar-refractivity contribution >= 4 is 11.7 Å². The third kappa shape index (κ3) is 4.52. The second-order valence-electron chi connectivity index (χ2n) is 5.72. The van der Waals surface area contributed by atoms with Gasteiger partial charge < -0.3 is 15.0 Å². The van der Waals surface area contributed by atoms with Gasteiger partial charge in [0.05, 0.1) is 6.54 Å². The fraction of sp³-hybridized carbons (Fsp3) is 0.438. The number of aromatic nitrogens is 4. The Balaban J connectivity index is 1.51. The van der Waals surface area contributed by atoms with Crippen molar-refractivity contribution in [3.05, 3.63) is 40.1 Å². The van der Waals surface area contributed by atoms with Crippen LogP contribution in [0.4, 0.5) is 5.82 Å². The summed E-state index contributed by atoms with van der Waals surface area (Å²) in [5.41, 5.74) is -0.207. The van der Waals surface area contributed by atoms with Crippen molar-refractivity contribution in [2.45, 2.75) is 19.8 Å². The number of nitrogens with one attached hydrogen (secondary N) is 2. The molecule has 25 heavy (non-hydrogen) atoms. The highest BCUT2D eigenvalue weighted by Crippen LogP contribution is 2.21. The zero-order valence-electron chi connectivity index (χ0n) is 14.0. The Labute approximate surface area is 144 Å². The first kappa shape index (κ1) is 16.9. The zero-order chi connectivity index (χ0) is 17.6. The number of ether oxygens (including phenoxy) is 1. The number of amides is 1. The predicted molar refractivity (Wildman–Crippen MR) is 90.9 cm³/mol. The van der Waals surface area contributed by atoms with Gasteiger partial charge in [-0.25, -0.2) is 10.1 Å². The molecule has 3 heterocycles. The Bertz CT molecular complexity index is 780. The van der Waals surface area contributed by atoms with E-state index < -0.39 is 0 Å². The van der Waals surface area contributed by atoms with Crippen molar-refractivity contribution in [2.24, 2.45) is 0 Å². The van der Waals surface area contributed by atoms with E-state index in [1.165, 1.54) is 25.0 Å². The van der Waals surface area contributed by atoms with Crippen molar-refractivity contribution in [1.82, 2.24) is 25.5 Å². The minimum absolute atomic E-state index is 0.147. The Morgan fingerprint density at radius 1 is 1.32 bits per heavy atom. The van der Waals surface area contributed by atoms with Crippen LogP contribution in [0.2, 0.25) is 0 Å². The Morgan fingerprint density at radius 3 is 2.84 bits per heavy atom. The molecule has 3 rings (SSSR count). The number of aromatic amines is 1. The van der Waals surface area contributed by atoms with E-state index in [4.69, 9.17) is 4.74 Å². The standard InChI is InChI=1S/C16H20N6O3/c1-11-18-13(22-7-2-3-8-22)10-15(19-11)25-9-6-17-16(24)12-4-5-14(23)21-20-12/h4-5,10H,2-3,6-9H2,1H3,(H,17,24)(H,21,23). The van der Waals surface area contributed by atoms with E-state index in [2.05, 4.69) is 30.4 Å². The van der Waals surface area contributed by atoms with Crippen LogP contribution in [0.5, 0.6) is 5.88 Å². The lowest BCUT2D eigenvalue weighted by molar-refractivity contribution is 0.0940. The molecule has 9 nitrogen and oxygen atoms in total. The first-order valence-corrected chi connectivity index (χ1v) is 8.19. The summed E-state index contributed by atoms with van der Waals surface area (Å²) >= 11 is 0. The highest BCUT2D eigenvalue weighted by molar-refractivity contribution is 5.91. The second kappa shape index (κ2) is 7.73. The molecule has 0 unspecified atom stereocenters. The van der Waals surface area contributed by atoms with Gasteiger partial charge in [-0.2, -0.15) is 10.1 Å². The molecule has 1 amide bonds. The minimum atomic E-state index is -0.378. The molecule has 0 aromatic carbocycles. The van der Waals surface area contributed by atoms with Crippen molar-refractivity contribution in [3.63, 3.8) is 0 Å². The minimum Gasteiger partial charge on any atom is -0.476 e. The van der Waals surface area contributed by atoms with Crippen LogP contribution in [0.1, 0.15) is 29.2 Å². The third-order valence-electron chi connectivity index (χ3n) is 3.78. The smallest absolute Gasteiger partial charge is 0.271 e. The Hall–Kier alpha value is -2.97. The number of nitrogens with zero attached hydrogens (tertiary/aromatic N) is 4. The number of H-pyrrole nitrogens is 1. The molecule has 0 saturated carbocycles.